The number of halogens is 1. The summed E-state index contributed by atoms with van der Waals surface area (Å²) in [4.78, 5) is 0. The fraction of sp³-hybridized carbons (Fsp3) is 0.235. The summed E-state index contributed by atoms with van der Waals surface area (Å²) >= 11 is 5.80. The molecule has 0 aliphatic carbocycles. The van der Waals surface area contributed by atoms with Gasteiger partial charge in [0.25, 0.3) is 0 Å². The van der Waals surface area contributed by atoms with Crippen LogP contribution in [0.25, 0.3) is 0 Å². The summed E-state index contributed by atoms with van der Waals surface area (Å²) in [5.41, 5.74) is 1.42. The summed E-state index contributed by atoms with van der Waals surface area (Å²) in [6.07, 6.45) is -0.765. The molecule has 0 saturated carbocycles. The SMILES string of the molecule is N#Cc1ccccc1OCC(O)COCc1ccc(Cl)cc1. The molecule has 0 radical (unpaired) electrons. The highest BCUT2D eigenvalue weighted by molar-refractivity contribution is 6.30. The van der Waals surface area contributed by atoms with Crippen molar-refractivity contribution >= 4 is 11.6 Å². The van der Waals surface area contributed by atoms with E-state index in [1.165, 1.54) is 0 Å². The van der Waals surface area contributed by atoms with Gasteiger partial charge in [-0.15, -0.1) is 0 Å². The number of nitrogens with zero attached hydrogens (tertiary/aromatic N) is 1. The van der Waals surface area contributed by atoms with E-state index in [2.05, 4.69) is 0 Å². The third kappa shape index (κ3) is 5.05. The molecule has 22 heavy (non-hydrogen) atoms. The minimum Gasteiger partial charge on any atom is -0.489 e. The van der Waals surface area contributed by atoms with Gasteiger partial charge in [0.05, 0.1) is 18.8 Å². The quantitative estimate of drug-likeness (QED) is 0.852. The zero-order valence-corrected chi connectivity index (χ0v) is 12.7. The largest absolute Gasteiger partial charge is 0.489 e. The molecule has 4 nitrogen and oxygen atoms in total. The van der Waals surface area contributed by atoms with Crippen LogP contribution in [0.15, 0.2) is 48.5 Å². The Morgan fingerprint density at radius 2 is 1.82 bits per heavy atom. The van der Waals surface area contributed by atoms with Gasteiger partial charge in [-0.3, -0.25) is 0 Å². The lowest BCUT2D eigenvalue weighted by molar-refractivity contribution is 0.00544. The molecule has 5 heteroatoms. The van der Waals surface area contributed by atoms with Gasteiger partial charge in [-0.2, -0.15) is 5.26 Å². The van der Waals surface area contributed by atoms with Crippen molar-refractivity contribution in [1.82, 2.24) is 0 Å². The van der Waals surface area contributed by atoms with E-state index in [9.17, 15) is 5.11 Å². The fourth-order valence-corrected chi connectivity index (χ4v) is 1.94. The number of aliphatic hydroxyl groups is 1. The van der Waals surface area contributed by atoms with E-state index in [0.717, 1.165) is 5.56 Å². The van der Waals surface area contributed by atoms with Gasteiger partial charge in [0.2, 0.25) is 0 Å². The van der Waals surface area contributed by atoms with Crippen molar-refractivity contribution in [2.75, 3.05) is 13.2 Å². The average molecular weight is 318 g/mol. The van der Waals surface area contributed by atoms with Crippen LogP contribution in [0, 0.1) is 11.3 Å². The van der Waals surface area contributed by atoms with Crippen LogP contribution in [-0.2, 0) is 11.3 Å². The first-order valence-corrected chi connectivity index (χ1v) is 7.19. The van der Waals surface area contributed by atoms with Gasteiger partial charge in [-0.25, -0.2) is 0 Å². The minimum atomic E-state index is -0.765. The lowest BCUT2D eigenvalue weighted by atomic mass is 10.2. The second kappa shape index (κ2) is 8.40. The Balaban J connectivity index is 1.73. The van der Waals surface area contributed by atoms with Gasteiger partial charge >= 0.3 is 0 Å². The summed E-state index contributed by atoms with van der Waals surface area (Å²) < 4.78 is 10.9. The Kier molecular flexibility index (Phi) is 6.23. The van der Waals surface area contributed by atoms with E-state index in [4.69, 9.17) is 26.3 Å². The lowest BCUT2D eigenvalue weighted by Gasteiger charge is -2.13. The Morgan fingerprint density at radius 1 is 1.09 bits per heavy atom. The third-order valence-electron chi connectivity index (χ3n) is 2.93. The lowest BCUT2D eigenvalue weighted by Crippen LogP contribution is -2.23. The standard InChI is InChI=1S/C17H16ClNO3/c18-15-7-5-13(6-8-15)10-21-11-16(20)12-22-17-4-2-1-3-14(17)9-19/h1-8,16,20H,10-12H2. The normalized spacial score (nSPS) is 11.7. The van der Waals surface area contributed by atoms with E-state index in [1.54, 1.807) is 36.4 Å². The second-order valence-corrected chi connectivity index (χ2v) is 5.15. The number of rotatable bonds is 7. The van der Waals surface area contributed by atoms with Crippen LogP contribution in [0.5, 0.6) is 5.75 Å². The van der Waals surface area contributed by atoms with Gasteiger partial charge in [0.15, 0.2) is 0 Å². The van der Waals surface area contributed by atoms with Gasteiger partial charge in [-0.1, -0.05) is 35.9 Å². The highest BCUT2D eigenvalue weighted by Gasteiger charge is 2.08. The maximum Gasteiger partial charge on any atom is 0.137 e. The molecule has 1 N–H and O–H groups in total. The molecule has 0 heterocycles. The molecule has 0 saturated heterocycles. The molecule has 2 aromatic rings. The predicted octanol–water partition coefficient (Wildman–Crippen LogP) is 3.17. The van der Waals surface area contributed by atoms with Crippen molar-refractivity contribution in [1.29, 1.82) is 5.26 Å². The minimum absolute atomic E-state index is 0.0688. The molecule has 0 aromatic heterocycles. The Hall–Kier alpha value is -2.06. The smallest absolute Gasteiger partial charge is 0.137 e. The summed E-state index contributed by atoms with van der Waals surface area (Å²) in [7, 11) is 0. The molecule has 2 rings (SSSR count). The zero-order chi connectivity index (χ0) is 15.8. The summed E-state index contributed by atoms with van der Waals surface area (Å²) in [5.74, 6) is 0.460. The molecule has 1 unspecified atom stereocenters. The number of hydrogen-bond acceptors (Lipinski definition) is 4. The first-order valence-electron chi connectivity index (χ1n) is 6.81. The predicted molar refractivity (Wildman–Crippen MR) is 83.8 cm³/mol. The van der Waals surface area contributed by atoms with E-state index in [0.29, 0.717) is 22.9 Å². The molecule has 0 aliphatic rings. The summed E-state index contributed by atoms with van der Waals surface area (Å²) in [6.45, 7) is 0.611. The Labute approximate surface area is 134 Å². The van der Waals surface area contributed by atoms with Crippen LogP contribution < -0.4 is 4.74 Å². The molecular weight excluding hydrogens is 302 g/mol. The van der Waals surface area contributed by atoms with E-state index >= 15 is 0 Å². The van der Waals surface area contributed by atoms with Gasteiger partial charge in [0.1, 0.15) is 24.5 Å². The fourth-order valence-electron chi connectivity index (χ4n) is 1.81. The van der Waals surface area contributed by atoms with E-state index < -0.39 is 6.10 Å². The maximum absolute atomic E-state index is 9.84. The molecule has 0 aliphatic heterocycles. The maximum atomic E-state index is 9.84. The van der Waals surface area contributed by atoms with Crippen molar-refractivity contribution in [3.8, 4) is 11.8 Å². The Morgan fingerprint density at radius 3 is 2.55 bits per heavy atom. The van der Waals surface area contributed by atoms with Crippen LogP contribution in [0.3, 0.4) is 0 Å². The molecular formula is C17H16ClNO3. The van der Waals surface area contributed by atoms with Crippen molar-refractivity contribution in [2.24, 2.45) is 0 Å². The molecule has 0 spiro atoms. The summed E-state index contributed by atoms with van der Waals surface area (Å²) in [5, 5.41) is 19.5. The molecule has 0 amide bonds. The third-order valence-corrected chi connectivity index (χ3v) is 3.18. The number of benzene rings is 2. The molecule has 2 aromatic carbocycles. The van der Waals surface area contributed by atoms with Crippen LogP contribution >= 0.6 is 11.6 Å². The van der Waals surface area contributed by atoms with Crippen LogP contribution in [0.2, 0.25) is 5.02 Å². The first-order chi connectivity index (χ1) is 10.7. The van der Waals surface area contributed by atoms with E-state index in [-0.39, 0.29) is 13.2 Å². The van der Waals surface area contributed by atoms with Gasteiger partial charge in [-0.05, 0) is 29.8 Å². The summed E-state index contributed by atoms with van der Waals surface area (Å²) in [6, 6.07) is 16.3. The highest BCUT2D eigenvalue weighted by atomic mass is 35.5. The van der Waals surface area contributed by atoms with Crippen molar-refractivity contribution in [3.63, 3.8) is 0 Å². The second-order valence-electron chi connectivity index (χ2n) is 4.71. The molecule has 1 atom stereocenters. The van der Waals surface area contributed by atoms with Crippen molar-refractivity contribution in [2.45, 2.75) is 12.7 Å². The van der Waals surface area contributed by atoms with E-state index in [1.807, 2.05) is 18.2 Å². The van der Waals surface area contributed by atoms with Crippen LogP contribution in [-0.4, -0.2) is 24.4 Å². The van der Waals surface area contributed by atoms with Crippen LogP contribution in [0.4, 0.5) is 0 Å². The molecule has 0 bridgehead atoms. The molecule has 0 fully saturated rings. The Bertz CT molecular complexity index is 637. The zero-order valence-electron chi connectivity index (χ0n) is 11.9. The van der Waals surface area contributed by atoms with Crippen molar-refractivity contribution in [3.05, 3.63) is 64.7 Å². The highest BCUT2D eigenvalue weighted by Crippen LogP contribution is 2.16. The average Bonchev–Trinajstić information content (AvgIpc) is 2.55. The number of hydrogen-bond donors (Lipinski definition) is 1. The first kappa shape index (κ1) is 16.3. The van der Waals surface area contributed by atoms with Gasteiger partial charge < -0.3 is 14.6 Å². The number of ether oxygens (including phenoxy) is 2. The van der Waals surface area contributed by atoms with Crippen molar-refractivity contribution < 1.29 is 14.6 Å². The van der Waals surface area contributed by atoms with Crippen LogP contribution in [0.1, 0.15) is 11.1 Å². The number of aliphatic hydroxyl groups excluding tert-OH is 1. The number of nitriles is 1. The molecule has 114 valence electrons. The number of para-hydroxylation sites is 1. The van der Waals surface area contributed by atoms with Gasteiger partial charge in [0, 0.05) is 5.02 Å². The monoisotopic (exact) mass is 317 g/mol. The topological polar surface area (TPSA) is 62.5 Å².